The van der Waals surface area contributed by atoms with Crippen LogP contribution in [0.25, 0.3) is 0 Å². The van der Waals surface area contributed by atoms with Crippen molar-refractivity contribution in [3.63, 3.8) is 0 Å². The molecule has 0 spiro atoms. The summed E-state index contributed by atoms with van der Waals surface area (Å²) >= 11 is 5.70. The zero-order valence-electron chi connectivity index (χ0n) is 10.5. The minimum atomic E-state index is -4.60. The molecule has 0 saturated heterocycles. The van der Waals surface area contributed by atoms with Gasteiger partial charge >= 0.3 is 6.18 Å². The number of ether oxygens (including phenoxy) is 2. The first-order chi connectivity index (χ1) is 8.64. The van der Waals surface area contributed by atoms with Crippen molar-refractivity contribution < 1.29 is 27.8 Å². The van der Waals surface area contributed by atoms with Crippen LogP contribution < -0.4 is 0 Å². The summed E-state index contributed by atoms with van der Waals surface area (Å²) in [5, 5.41) is 9.81. The second-order valence-corrected chi connectivity index (χ2v) is 4.34. The first-order valence-corrected chi connectivity index (χ1v) is 5.54. The van der Waals surface area contributed by atoms with Gasteiger partial charge < -0.3 is 14.6 Å². The largest absolute Gasteiger partial charge is 0.433 e. The van der Waals surface area contributed by atoms with Crippen molar-refractivity contribution in [2.45, 2.75) is 25.0 Å². The summed E-state index contributed by atoms with van der Waals surface area (Å²) in [4.78, 5) is 3.23. The Hall–Kier alpha value is -0.890. The SMILES string of the molecule is COC(OC)C(C)(O)c1ccc(C(F)(F)F)nc1Cl. The Bertz CT molecular complexity index is 447. The molecular formula is C11H13ClF3NO3. The molecule has 4 nitrogen and oxygen atoms in total. The first kappa shape index (κ1) is 16.2. The van der Waals surface area contributed by atoms with Crippen molar-refractivity contribution >= 4 is 11.6 Å². The van der Waals surface area contributed by atoms with Crippen molar-refractivity contribution in [1.29, 1.82) is 0 Å². The van der Waals surface area contributed by atoms with E-state index in [2.05, 4.69) is 4.98 Å². The van der Waals surface area contributed by atoms with Gasteiger partial charge in [0.15, 0.2) is 6.29 Å². The van der Waals surface area contributed by atoms with Gasteiger partial charge in [0.2, 0.25) is 0 Å². The maximum atomic E-state index is 12.5. The molecule has 1 unspecified atom stereocenters. The summed E-state index contributed by atoms with van der Waals surface area (Å²) in [5.41, 5.74) is -2.89. The van der Waals surface area contributed by atoms with Crippen LogP contribution in [0, 0.1) is 0 Å². The number of halogens is 4. The highest BCUT2D eigenvalue weighted by Crippen LogP contribution is 2.35. The lowest BCUT2D eigenvalue weighted by molar-refractivity contribution is -0.213. The van der Waals surface area contributed by atoms with Crippen LogP contribution in [0.1, 0.15) is 18.2 Å². The molecule has 0 aliphatic carbocycles. The zero-order chi connectivity index (χ0) is 14.8. The normalized spacial score (nSPS) is 15.6. The number of hydrogen-bond acceptors (Lipinski definition) is 4. The number of aromatic nitrogens is 1. The highest BCUT2D eigenvalue weighted by molar-refractivity contribution is 6.30. The van der Waals surface area contributed by atoms with Crippen molar-refractivity contribution in [3.05, 3.63) is 28.5 Å². The Morgan fingerprint density at radius 2 is 1.79 bits per heavy atom. The Balaban J connectivity index is 3.22. The Kier molecular flexibility index (Phi) is 4.78. The van der Waals surface area contributed by atoms with E-state index < -0.39 is 28.9 Å². The number of nitrogens with zero attached hydrogens (tertiary/aromatic N) is 1. The summed E-state index contributed by atoms with van der Waals surface area (Å²) in [5.74, 6) is 0. The molecule has 1 aromatic heterocycles. The van der Waals surface area contributed by atoms with E-state index in [0.29, 0.717) is 0 Å². The second-order valence-electron chi connectivity index (χ2n) is 3.98. The van der Waals surface area contributed by atoms with E-state index in [9.17, 15) is 18.3 Å². The minimum absolute atomic E-state index is 0.0177. The molecule has 8 heteroatoms. The lowest BCUT2D eigenvalue weighted by Crippen LogP contribution is -2.39. The Morgan fingerprint density at radius 3 is 2.16 bits per heavy atom. The van der Waals surface area contributed by atoms with E-state index in [-0.39, 0.29) is 5.56 Å². The molecule has 0 amide bonds. The molecule has 0 aliphatic rings. The van der Waals surface area contributed by atoms with E-state index in [0.717, 1.165) is 12.1 Å². The molecule has 1 heterocycles. The van der Waals surface area contributed by atoms with Crippen LogP contribution in [-0.2, 0) is 21.3 Å². The molecule has 0 radical (unpaired) electrons. The molecule has 0 saturated carbocycles. The molecule has 1 N–H and O–H groups in total. The third-order valence-corrected chi connectivity index (χ3v) is 2.86. The minimum Gasteiger partial charge on any atom is -0.380 e. The van der Waals surface area contributed by atoms with Crippen molar-refractivity contribution in [2.75, 3.05) is 14.2 Å². The van der Waals surface area contributed by atoms with Crippen molar-refractivity contribution in [3.8, 4) is 0 Å². The predicted molar refractivity (Wildman–Crippen MR) is 61.6 cm³/mol. The predicted octanol–water partition coefficient (Wildman–Crippen LogP) is 2.58. The van der Waals surface area contributed by atoms with Crippen LogP contribution >= 0.6 is 11.6 Å². The lowest BCUT2D eigenvalue weighted by Gasteiger charge is -2.31. The maximum Gasteiger partial charge on any atom is 0.433 e. The van der Waals surface area contributed by atoms with Crippen LogP contribution in [0.3, 0.4) is 0 Å². The van der Waals surface area contributed by atoms with Crippen LogP contribution in [-0.4, -0.2) is 30.6 Å². The van der Waals surface area contributed by atoms with Gasteiger partial charge in [0.1, 0.15) is 16.4 Å². The topological polar surface area (TPSA) is 51.6 Å². The lowest BCUT2D eigenvalue weighted by atomic mass is 9.96. The van der Waals surface area contributed by atoms with Gasteiger partial charge in [0.05, 0.1) is 0 Å². The molecular weight excluding hydrogens is 287 g/mol. The fourth-order valence-electron chi connectivity index (χ4n) is 1.65. The summed E-state index contributed by atoms with van der Waals surface area (Å²) in [6, 6.07) is 1.78. The van der Waals surface area contributed by atoms with Crippen molar-refractivity contribution in [2.24, 2.45) is 0 Å². The van der Waals surface area contributed by atoms with Gasteiger partial charge in [0, 0.05) is 19.8 Å². The first-order valence-electron chi connectivity index (χ1n) is 5.16. The fourth-order valence-corrected chi connectivity index (χ4v) is 2.00. The van der Waals surface area contributed by atoms with Gasteiger partial charge in [0.25, 0.3) is 0 Å². The zero-order valence-corrected chi connectivity index (χ0v) is 11.2. The highest BCUT2D eigenvalue weighted by atomic mass is 35.5. The van der Waals surface area contributed by atoms with E-state index in [1.54, 1.807) is 0 Å². The number of methoxy groups -OCH3 is 2. The molecule has 0 aromatic carbocycles. The summed E-state index contributed by atoms with van der Waals surface area (Å²) in [6.45, 7) is 1.31. The van der Waals surface area contributed by atoms with Gasteiger partial charge in [-0.05, 0) is 13.0 Å². The second kappa shape index (κ2) is 5.62. The molecule has 1 atom stereocenters. The average molecular weight is 300 g/mol. The van der Waals surface area contributed by atoms with Gasteiger partial charge in [-0.15, -0.1) is 0 Å². The molecule has 108 valence electrons. The molecule has 0 fully saturated rings. The Labute approximate surface area is 113 Å². The molecule has 19 heavy (non-hydrogen) atoms. The quantitative estimate of drug-likeness (QED) is 0.686. The van der Waals surface area contributed by atoms with Crippen LogP contribution in [0.5, 0.6) is 0 Å². The van der Waals surface area contributed by atoms with E-state index >= 15 is 0 Å². The maximum absolute atomic E-state index is 12.5. The third kappa shape index (κ3) is 3.36. The van der Waals surface area contributed by atoms with Gasteiger partial charge in [-0.25, -0.2) is 4.98 Å². The number of alkyl halides is 3. The molecule has 1 rings (SSSR count). The average Bonchev–Trinajstić information content (AvgIpc) is 2.28. The number of pyridine rings is 1. The fraction of sp³-hybridized carbons (Fsp3) is 0.545. The molecule has 0 bridgehead atoms. The monoisotopic (exact) mass is 299 g/mol. The third-order valence-electron chi connectivity index (χ3n) is 2.57. The summed E-state index contributed by atoms with van der Waals surface area (Å²) < 4.78 is 47.1. The van der Waals surface area contributed by atoms with Gasteiger partial charge in [-0.1, -0.05) is 17.7 Å². The summed E-state index contributed by atoms with van der Waals surface area (Å²) in [7, 11) is 2.57. The smallest absolute Gasteiger partial charge is 0.380 e. The van der Waals surface area contributed by atoms with Crippen LogP contribution in [0.2, 0.25) is 5.15 Å². The number of aliphatic hydroxyl groups is 1. The van der Waals surface area contributed by atoms with Crippen LogP contribution in [0.15, 0.2) is 12.1 Å². The Morgan fingerprint density at radius 1 is 1.26 bits per heavy atom. The van der Waals surface area contributed by atoms with Crippen molar-refractivity contribution in [1.82, 2.24) is 4.98 Å². The molecule has 0 aliphatic heterocycles. The van der Waals surface area contributed by atoms with E-state index in [4.69, 9.17) is 21.1 Å². The van der Waals surface area contributed by atoms with Crippen LogP contribution in [0.4, 0.5) is 13.2 Å². The standard InChI is InChI=1S/C11H13ClF3NO3/c1-10(17,9(18-2)19-3)6-4-5-7(11(13,14)15)16-8(6)12/h4-5,9,17H,1-3H3. The summed E-state index contributed by atoms with van der Waals surface area (Å²) in [6.07, 6.45) is -5.70. The van der Waals surface area contributed by atoms with E-state index in [1.807, 2.05) is 0 Å². The van der Waals surface area contributed by atoms with E-state index in [1.165, 1.54) is 21.1 Å². The highest BCUT2D eigenvalue weighted by Gasteiger charge is 2.39. The number of hydrogen-bond donors (Lipinski definition) is 1. The number of rotatable bonds is 4. The van der Waals surface area contributed by atoms with Gasteiger partial charge in [-0.2, -0.15) is 13.2 Å². The molecule has 1 aromatic rings. The van der Waals surface area contributed by atoms with Gasteiger partial charge in [-0.3, -0.25) is 0 Å².